The number of nitrogens with two attached hydrogens (primary N) is 1. The molecule has 0 saturated heterocycles. The second kappa shape index (κ2) is 3.87. The number of azo groups is 1. The van der Waals surface area contributed by atoms with Crippen molar-refractivity contribution < 1.29 is 9.21 Å². The zero-order valence-electron chi connectivity index (χ0n) is 7.66. The number of rotatable bonds is 2. The van der Waals surface area contributed by atoms with Gasteiger partial charge in [0.2, 0.25) is 5.11 Å². The molecular weight excluding hydrogens is 216 g/mol. The summed E-state index contributed by atoms with van der Waals surface area (Å²) in [5.41, 5.74) is 0. The molecule has 0 aromatic carbocycles. The number of hydrogen-bond donors (Lipinski definition) is 1. The van der Waals surface area contributed by atoms with E-state index in [9.17, 15) is 4.79 Å². The van der Waals surface area contributed by atoms with Crippen LogP contribution in [0.4, 0.5) is 0 Å². The van der Waals surface area contributed by atoms with Crippen molar-refractivity contribution in [3.8, 4) is 0 Å². The fourth-order valence-electron chi connectivity index (χ4n) is 1.22. The first-order valence-corrected chi connectivity index (χ1v) is 4.65. The summed E-state index contributed by atoms with van der Waals surface area (Å²) in [4.78, 5) is 11.6. The molecule has 15 heavy (non-hydrogen) atoms. The summed E-state index contributed by atoms with van der Waals surface area (Å²) >= 11 is 4.70. The zero-order chi connectivity index (χ0) is 10.8. The third-order valence-electron chi connectivity index (χ3n) is 1.99. The van der Waals surface area contributed by atoms with Gasteiger partial charge in [-0.05, 0) is 24.4 Å². The fourth-order valence-corrected chi connectivity index (χ4v) is 1.36. The van der Waals surface area contributed by atoms with Gasteiger partial charge in [-0.25, -0.2) is 10.9 Å². The van der Waals surface area contributed by atoms with Gasteiger partial charge in [-0.1, -0.05) is 0 Å². The Morgan fingerprint density at radius 1 is 1.67 bits per heavy atom. The van der Waals surface area contributed by atoms with Crippen molar-refractivity contribution in [2.75, 3.05) is 0 Å². The highest BCUT2D eigenvalue weighted by Crippen LogP contribution is 2.13. The number of carbonyl (C=O) groups is 1. The van der Waals surface area contributed by atoms with Crippen molar-refractivity contribution in [2.24, 2.45) is 16.1 Å². The first kappa shape index (κ1) is 9.94. The van der Waals surface area contributed by atoms with Gasteiger partial charge in [0, 0.05) is 6.42 Å². The summed E-state index contributed by atoms with van der Waals surface area (Å²) in [6.45, 7) is 0. The lowest BCUT2D eigenvalue weighted by Gasteiger charge is -2.21. The van der Waals surface area contributed by atoms with Crippen molar-refractivity contribution in [3.05, 3.63) is 24.2 Å². The van der Waals surface area contributed by atoms with Crippen molar-refractivity contribution in [1.82, 2.24) is 5.01 Å². The Kier molecular flexibility index (Phi) is 2.57. The molecular formula is C8H8N4O2S. The highest BCUT2D eigenvalue weighted by atomic mass is 32.1. The summed E-state index contributed by atoms with van der Waals surface area (Å²) in [6.07, 6.45) is 1.87. The molecule has 2 rings (SSSR count). The van der Waals surface area contributed by atoms with E-state index >= 15 is 0 Å². The summed E-state index contributed by atoms with van der Waals surface area (Å²) in [7, 11) is 0. The minimum Gasteiger partial charge on any atom is -0.469 e. The van der Waals surface area contributed by atoms with Gasteiger partial charge in [0.25, 0.3) is 5.91 Å². The third kappa shape index (κ3) is 1.92. The topological polar surface area (TPSA) is 84.2 Å². The lowest BCUT2D eigenvalue weighted by molar-refractivity contribution is -0.129. The SMILES string of the molecule is NN1C(=O)C(Cc2ccco2)N=NC1=S. The number of thiocarbonyl (C=S) groups is 1. The average Bonchev–Trinajstić information content (AvgIpc) is 2.72. The van der Waals surface area contributed by atoms with Gasteiger partial charge in [0.1, 0.15) is 5.76 Å². The summed E-state index contributed by atoms with van der Waals surface area (Å²) in [5, 5.41) is 8.20. The van der Waals surface area contributed by atoms with E-state index in [-0.39, 0.29) is 11.0 Å². The lowest BCUT2D eigenvalue weighted by atomic mass is 10.1. The van der Waals surface area contributed by atoms with E-state index in [4.69, 9.17) is 22.5 Å². The van der Waals surface area contributed by atoms with Gasteiger partial charge >= 0.3 is 0 Å². The standard InChI is InChI=1S/C8H8N4O2S/c9-12-7(13)6(10-11-8(12)15)4-5-2-1-3-14-5/h1-3,6H,4,9H2. The van der Waals surface area contributed by atoms with Gasteiger partial charge in [0.05, 0.1) is 6.26 Å². The predicted octanol–water partition coefficient (Wildman–Crippen LogP) is 0.644. The van der Waals surface area contributed by atoms with E-state index < -0.39 is 6.04 Å². The molecule has 78 valence electrons. The van der Waals surface area contributed by atoms with Crippen molar-refractivity contribution in [1.29, 1.82) is 0 Å². The smallest absolute Gasteiger partial charge is 0.270 e. The maximum absolute atomic E-state index is 11.6. The highest BCUT2D eigenvalue weighted by molar-refractivity contribution is 7.80. The van der Waals surface area contributed by atoms with Crippen LogP contribution in [0, 0.1) is 0 Å². The average molecular weight is 224 g/mol. The quantitative estimate of drug-likeness (QED) is 0.454. The minimum absolute atomic E-state index is 0.0179. The molecule has 0 fully saturated rings. The second-order valence-electron chi connectivity index (χ2n) is 3.01. The van der Waals surface area contributed by atoms with Crippen LogP contribution in [-0.2, 0) is 11.2 Å². The molecule has 6 nitrogen and oxygen atoms in total. The maximum atomic E-state index is 11.6. The molecule has 0 aliphatic carbocycles. The predicted molar refractivity (Wildman–Crippen MR) is 54.7 cm³/mol. The Balaban J connectivity index is 2.14. The van der Waals surface area contributed by atoms with Crippen LogP contribution in [0.1, 0.15) is 5.76 Å². The zero-order valence-corrected chi connectivity index (χ0v) is 8.48. The van der Waals surface area contributed by atoms with E-state index in [0.29, 0.717) is 12.2 Å². The molecule has 1 unspecified atom stereocenters. The molecule has 7 heteroatoms. The molecule has 2 heterocycles. The highest BCUT2D eigenvalue weighted by Gasteiger charge is 2.29. The molecule has 0 spiro atoms. The van der Waals surface area contributed by atoms with Crippen molar-refractivity contribution in [2.45, 2.75) is 12.5 Å². The van der Waals surface area contributed by atoms with Crippen LogP contribution in [-0.4, -0.2) is 22.1 Å². The molecule has 0 bridgehead atoms. The molecule has 1 aliphatic rings. The van der Waals surface area contributed by atoms with Crippen LogP contribution in [0.25, 0.3) is 0 Å². The number of hydrazine groups is 1. The van der Waals surface area contributed by atoms with Gasteiger partial charge in [-0.3, -0.25) is 4.79 Å². The summed E-state index contributed by atoms with van der Waals surface area (Å²) in [6, 6.07) is 2.86. The molecule has 0 radical (unpaired) electrons. The van der Waals surface area contributed by atoms with Gasteiger partial charge < -0.3 is 4.42 Å². The minimum atomic E-state index is -0.646. The largest absolute Gasteiger partial charge is 0.469 e. The summed E-state index contributed by atoms with van der Waals surface area (Å²) < 4.78 is 5.10. The first-order valence-electron chi connectivity index (χ1n) is 4.24. The van der Waals surface area contributed by atoms with Crippen molar-refractivity contribution in [3.63, 3.8) is 0 Å². The number of amides is 1. The molecule has 0 saturated carbocycles. The Labute approximate surface area is 90.7 Å². The number of hydrogen-bond acceptors (Lipinski definition) is 5. The molecule has 1 aromatic heterocycles. The Bertz CT molecular complexity index is 414. The summed E-state index contributed by atoms with van der Waals surface area (Å²) in [5.74, 6) is 5.69. The molecule has 1 aromatic rings. The molecule has 1 atom stereocenters. The Hall–Kier alpha value is -1.60. The van der Waals surface area contributed by atoms with Crippen LogP contribution in [0.3, 0.4) is 0 Å². The molecule has 1 aliphatic heterocycles. The Morgan fingerprint density at radius 2 is 2.47 bits per heavy atom. The van der Waals surface area contributed by atoms with Gasteiger partial charge in [-0.15, -0.1) is 5.11 Å². The Morgan fingerprint density at radius 3 is 3.13 bits per heavy atom. The third-order valence-corrected chi connectivity index (χ3v) is 2.26. The monoisotopic (exact) mass is 224 g/mol. The molecule has 1 amide bonds. The maximum Gasteiger partial charge on any atom is 0.270 e. The van der Waals surface area contributed by atoms with E-state index in [2.05, 4.69) is 10.2 Å². The van der Waals surface area contributed by atoms with Crippen LogP contribution in [0.2, 0.25) is 0 Å². The van der Waals surface area contributed by atoms with Crippen molar-refractivity contribution >= 4 is 23.2 Å². The van der Waals surface area contributed by atoms with E-state index in [1.54, 1.807) is 12.1 Å². The van der Waals surface area contributed by atoms with E-state index in [0.717, 1.165) is 5.01 Å². The van der Waals surface area contributed by atoms with E-state index in [1.807, 2.05) is 0 Å². The van der Waals surface area contributed by atoms with Gasteiger partial charge in [0.15, 0.2) is 6.04 Å². The van der Waals surface area contributed by atoms with Crippen LogP contribution in [0.15, 0.2) is 33.0 Å². The lowest BCUT2D eigenvalue weighted by Crippen LogP contribution is -2.48. The van der Waals surface area contributed by atoms with Crippen LogP contribution in [0.5, 0.6) is 0 Å². The first-order chi connectivity index (χ1) is 7.18. The fraction of sp³-hybridized carbons (Fsp3) is 0.250. The van der Waals surface area contributed by atoms with Gasteiger partial charge in [-0.2, -0.15) is 5.11 Å². The molecule has 2 N–H and O–H groups in total. The van der Waals surface area contributed by atoms with Crippen LogP contribution >= 0.6 is 12.2 Å². The second-order valence-corrected chi connectivity index (χ2v) is 3.37. The van der Waals surface area contributed by atoms with Crippen LogP contribution < -0.4 is 5.84 Å². The number of nitrogens with zero attached hydrogens (tertiary/aromatic N) is 3. The number of carbonyl (C=O) groups excluding carboxylic acids is 1. The van der Waals surface area contributed by atoms with E-state index in [1.165, 1.54) is 6.26 Å². The normalized spacial score (nSPS) is 21.1. The number of furan rings is 1.